The van der Waals surface area contributed by atoms with Crippen molar-refractivity contribution in [1.29, 1.82) is 0 Å². The minimum absolute atomic E-state index is 0.186. The third-order valence-electron chi connectivity index (χ3n) is 1.79. The highest BCUT2D eigenvalue weighted by atomic mass is 32.3. The van der Waals surface area contributed by atoms with E-state index in [0.717, 1.165) is 5.56 Å². The number of benzene rings is 1. The predicted molar refractivity (Wildman–Crippen MR) is 55.6 cm³/mol. The van der Waals surface area contributed by atoms with Crippen LogP contribution in [0.2, 0.25) is 0 Å². The molecule has 0 aliphatic carbocycles. The van der Waals surface area contributed by atoms with E-state index in [1.165, 1.54) is 0 Å². The van der Waals surface area contributed by atoms with Gasteiger partial charge in [-0.25, -0.2) is 0 Å². The van der Waals surface area contributed by atoms with E-state index in [1.807, 2.05) is 30.3 Å². The van der Waals surface area contributed by atoms with Gasteiger partial charge in [0.1, 0.15) is 0 Å². The SMILES string of the molecule is O=S(=O)(F)CCCOCc1ccccc1. The minimum atomic E-state index is -4.35. The Morgan fingerprint density at radius 2 is 1.87 bits per heavy atom. The van der Waals surface area contributed by atoms with Crippen molar-refractivity contribution in [3.8, 4) is 0 Å². The van der Waals surface area contributed by atoms with E-state index < -0.39 is 16.0 Å². The maximum absolute atomic E-state index is 12.1. The second-order valence-electron chi connectivity index (χ2n) is 3.13. The van der Waals surface area contributed by atoms with E-state index in [2.05, 4.69) is 0 Å². The topological polar surface area (TPSA) is 43.4 Å². The predicted octanol–water partition coefficient (Wildman–Crippen LogP) is 1.89. The van der Waals surface area contributed by atoms with Gasteiger partial charge in [0, 0.05) is 6.61 Å². The van der Waals surface area contributed by atoms with Crippen molar-refractivity contribution in [3.63, 3.8) is 0 Å². The molecule has 0 fully saturated rings. The van der Waals surface area contributed by atoms with E-state index in [-0.39, 0.29) is 13.0 Å². The van der Waals surface area contributed by atoms with Crippen LogP contribution in [0.15, 0.2) is 30.3 Å². The molecule has 1 aromatic rings. The Morgan fingerprint density at radius 1 is 1.20 bits per heavy atom. The maximum atomic E-state index is 12.1. The first-order valence-electron chi connectivity index (χ1n) is 4.62. The fraction of sp³-hybridized carbons (Fsp3) is 0.400. The van der Waals surface area contributed by atoms with Crippen LogP contribution in [0.3, 0.4) is 0 Å². The summed E-state index contributed by atoms with van der Waals surface area (Å²) in [6.45, 7) is 0.672. The second kappa shape index (κ2) is 5.82. The van der Waals surface area contributed by atoms with Gasteiger partial charge in [-0.05, 0) is 12.0 Å². The van der Waals surface area contributed by atoms with Crippen LogP contribution in [0, 0.1) is 0 Å². The number of rotatable bonds is 6. The minimum Gasteiger partial charge on any atom is -0.377 e. The van der Waals surface area contributed by atoms with Crippen LogP contribution < -0.4 is 0 Å². The highest BCUT2D eigenvalue weighted by molar-refractivity contribution is 7.86. The third kappa shape index (κ3) is 6.19. The molecule has 1 aromatic carbocycles. The first-order valence-corrected chi connectivity index (χ1v) is 6.17. The molecule has 84 valence electrons. The Balaban J connectivity index is 2.13. The van der Waals surface area contributed by atoms with Gasteiger partial charge in [0.25, 0.3) is 0 Å². The molecule has 1 rings (SSSR count). The maximum Gasteiger partial charge on any atom is 0.302 e. The molecule has 0 bridgehead atoms. The third-order valence-corrected chi connectivity index (χ3v) is 2.56. The van der Waals surface area contributed by atoms with Crippen molar-refractivity contribution in [2.75, 3.05) is 12.4 Å². The first kappa shape index (κ1) is 12.1. The molecular formula is C10H13FO3S. The molecule has 0 spiro atoms. The zero-order chi connectivity index (χ0) is 11.1. The van der Waals surface area contributed by atoms with Gasteiger partial charge in [0.2, 0.25) is 0 Å². The van der Waals surface area contributed by atoms with Crippen molar-refractivity contribution < 1.29 is 17.0 Å². The van der Waals surface area contributed by atoms with Crippen LogP contribution in [-0.2, 0) is 21.6 Å². The molecule has 0 unspecified atom stereocenters. The summed E-state index contributed by atoms with van der Waals surface area (Å²) >= 11 is 0. The van der Waals surface area contributed by atoms with Gasteiger partial charge in [-0.3, -0.25) is 0 Å². The number of hydrogen-bond acceptors (Lipinski definition) is 3. The van der Waals surface area contributed by atoms with E-state index in [0.29, 0.717) is 6.61 Å². The Hall–Kier alpha value is -0.940. The van der Waals surface area contributed by atoms with E-state index in [1.54, 1.807) is 0 Å². The quantitative estimate of drug-likeness (QED) is 0.555. The molecule has 0 aromatic heterocycles. The van der Waals surface area contributed by atoms with Crippen LogP contribution in [0.1, 0.15) is 12.0 Å². The summed E-state index contributed by atoms with van der Waals surface area (Å²) in [6, 6.07) is 9.51. The average Bonchev–Trinajstić information content (AvgIpc) is 2.17. The second-order valence-corrected chi connectivity index (χ2v) is 4.62. The molecule has 0 aliphatic rings. The van der Waals surface area contributed by atoms with Gasteiger partial charge in [-0.2, -0.15) is 8.42 Å². The van der Waals surface area contributed by atoms with Crippen molar-refractivity contribution in [2.24, 2.45) is 0 Å². The fourth-order valence-electron chi connectivity index (χ4n) is 1.10. The monoisotopic (exact) mass is 232 g/mol. The van der Waals surface area contributed by atoms with Gasteiger partial charge in [0.05, 0.1) is 12.4 Å². The zero-order valence-electron chi connectivity index (χ0n) is 8.23. The number of halogens is 1. The molecule has 0 N–H and O–H groups in total. The highest BCUT2D eigenvalue weighted by Crippen LogP contribution is 2.01. The van der Waals surface area contributed by atoms with E-state index >= 15 is 0 Å². The van der Waals surface area contributed by atoms with Gasteiger partial charge >= 0.3 is 10.2 Å². The van der Waals surface area contributed by atoms with Crippen LogP contribution in [0.4, 0.5) is 3.89 Å². The lowest BCUT2D eigenvalue weighted by Gasteiger charge is -2.02. The average molecular weight is 232 g/mol. The summed E-state index contributed by atoms with van der Waals surface area (Å²) in [5, 5.41) is 0. The Kier molecular flexibility index (Phi) is 4.71. The van der Waals surface area contributed by atoms with Gasteiger partial charge in [-0.15, -0.1) is 3.89 Å². The van der Waals surface area contributed by atoms with Crippen LogP contribution in [0.25, 0.3) is 0 Å². The van der Waals surface area contributed by atoms with Crippen molar-refractivity contribution in [2.45, 2.75) is 13.0 Å². The Labute approximate surface area is 89.1 Å². The van der Waals surface area contributed by atoms with Crippen molar-refractivity contribution in [3.05, 3.63) is 35.9 Å². The Morgan fingerprint density at radius 3 is 2.47 bits per heavy atom. The van der Waals surface area contributed by atoms with Crippen LogP contribution in [0.5, 0.6) is 0 Å². The lowest BCUT2D eigenvalue weighted by Crippen LogP contribution is -2.03. The standard InChI is InChI=1S/C10H13FO3S/c11-15(12,13)8-4-7-14-9-10-5-2-1-3-6-10/h1-3,5-6H,4,7-9H2. The number of hydrogen-bond donors (Lipinski definition) is 0. The summed E-state index contributed by atoms with van der Waals surface area (Å²) in [4.78, 5) is 0. The largest absolute Gasteiger partial charge is 0.377 e. The molecule has 0 atom stereocenters. The first-order chi connectivity index (χ1) is 7.08. The fourth-order valence-corrected chi connectivity index (χ4v) is 1.56. The van der Waals surface area contributed by atoms with Gasteiger partial charge in [-0.1, -0.05) is 30.3 Å². The molecular weight excluding hydrogens is 219 g/mol. The lowest BCUT2D eigenvalue weighted by atomic mass is 10.2. The summed E-state index contributed by atoms with van der Waals surface area (Å²) < 4.78 is 37.5. The zero-order valence-corrected chi connectivity index (χ0v) is 9.04. The summed E-state index contributed by atoms with van der Waals surface area (Å²) in [5.74, 6) is -0.470. The van der Waals surface area contributed by atoms with Crippen molar-refractivity contribution in [1.82, 2.24) is 0 Å². The summed E-state index contributed by atoms with van der Waals surface area (Å²) in [5.41, 5.74) is 1.01. The molecule has 0 saturated carbocycles. The van der Waals surface area contributed by atoms with E-state index in [9.17, 15) is 12.3 Å². The molecule has 0 heterocycles. The number of ether oxygens (including phenoxy) is 1. The van der Waals surface area contributed by atoms with Crippen LogP contribution >= 0.6 is 0 Å². The van der Waals surface area contributed by atoms with Gasteiger partial charge < -0.3 is 4.74 Å². The normalized spacial score (nSPS) is 11.5. The molecule has 0 amide bonds. The van der Waals surface area contributed by atoms with Gasteiger partial charge in [0.15, 0.2) is 0 Å². The van der Waals surface area contributed by atoms with Crippen LogP contribution in [-0.4, -0.2) is 20.8 Å². The molecule has 0 radical (unpaired) electrons. The van der Waals surface area contributed by atoms with Crippen molar-refractivity contribution >= 4 is 10.2 Å². The molecule has 5 heteroatoms. The molecule has 3 nitrogen and oxygen atoms in total. The lowest BCUT2D eigenvalue weighted by molar-refractivity contribution is 0.122. The molecule has 15 heavy (non-hydrogen) atoms. The Bertz CT molecular complexity index is 375. The molecule has 0 aliphatic heterocycles. The smallest absolute Gasteiger partial charge is 0.302 e. The summed E-state index contributed by atoms with van der Waals surface area (Å²) in [7, 11) is -4.35. The summed E-state index contributed by atoms with van der Waals surface area (Å²) in [6.07, 6.45) is 0.186. The highest BCUT2D eigenvalue weighted by Gasteiger charge is 2.05. The van der Waals surface area contributed by atoms with E-state index in [4.69, 9.17) is 4.74 Å². The molecule has 0 saturated heterocycles.